The molecule has 1 heterocycles. The predicted octanol–water partition coefficient (Wildman–Crippen LogP) is 3.29. The first-order valence-corrected chi connectivity index (χ1v) is 7.00. The van der Waals surface area contributed by atoms with Crippen LogP contribution in [-0.4, -0.2) is 18.6 Å². The first-order chi connectivity index (χ1) is 9.70. The standard InChI is InChI=1S/C17H22N2O/c1-13-4-5-16(14(2)18-3)17(12-13)20-11-8-15-6-9-19-10-7-15/h4-7,9-10,12,14,18H,8,11H2,1-3H3. The number of rotatable bonds is 6. The Labute approximate surface area is 121 Å². The van der Waals surface area contributed by atoms with Crippen molar-refractivity contribution in [2.45, 2.75) is 26.3 Å². The van der Waals surface area contributed by atoms with Crippen LogP contribution in [0.3, 0.4) is 0 Å². The predicted molar refractivity (Wildman–Crippen MR) is 82.1 cm³/mol. The lowest BCUT2D eigenvalue weighted by Gasteiger charge is -2.17. The Kier molecular flexibility index (Phi) is 5.13. The van der Waals surface area contributed by atoms with Gasteiger partial charge < -0.3 is 10.1 Å². The highest BCUT2D eigenvalue weighted by Crippen LogP contribution is 2.26. The highest BCUT2D eigenvalue weighted by molar-refractivity contribution is 5.39. The Morgan fingerprint density at radius 1 is 1.20 bits per heavy atom. The van der Waals surface area contributed by atoms with Crippen LogP contribution in [-0.2, 0) is 6.42 Å². The third kappa shape index (κ3) is 3.81. The summed E-state index contributed by atoms with van der Waals surface area (Å²) in [6, 6.07) is 10.7. The summed E-state index contributed by atoms with van der Waals surface area (Å²) in [5.74, 6) is 0.973. The molecule has 3 nitrogen and oxygen atoms in total. The van der Waals surface area contributed by atoms with E-state index in [9.17, 15) is 0 Å². The van der Waals surface area contributed by atoms with E-state index in [2.05, 4.69) is 42.3 Å². The molecule has 0 saturated carbocycles. The summed E-state index contributed by atoms with van der Waals surface area (Å²) in [7, 11) is 1.96. The summed E-state index contributed by atoms with van der Waals surface area (Å²) >= 11 is 0. The number of pyridine rings is 1. The Balaban J connectivity index is 2.03. The Morgan fingerprint density at radius 3 is 2.65 bits per heavy atom. The van der Waals surface area contributed by atoms with Crippen molar-refractivity contribution >= 4 is 0 Å². The lowest BCUT2D eigenvalue weighted by molar-refractivity contribution is 0.315. The molecule has 0 aliphatic heterocycles. The number of aromatic nitrogens is 1. The third-order valence-corrected chi connectivity index (χ3v) is 3.47. The normalized spacial score (nSPS) is 12.2. The van der Waals surface area contributed by atoms with Crippen molar-refractivity contribution in [3.05, 3.63) is 59.4 Å². The van der Waals surface area contributed by atoms with Crippen molar-refractivity contribution in [1.82, 2.24) is 10.3 Å². The second-order valence-corrected chi connectivity index (χ2v) is 5.01. The molecule has 3 heteroatoms. The van der Waals surface area contributed by atoms with Crippen LogP contribution in [0.25, 0.3) is 0 Å². The van der Waals surface area contributed by atoms with Crippen molar-refractivity contribution in [1.29, 1.82) is 0 Å². The van der Waals surface area contributed by atoms with Gasteiger partial charge in [0.1, 0.15) is 5.75 Å². The number of aryl methyl sites for hydroxylation is 1. The Hall–Kier alpha value is -1.87. The maximum atomic E-state index is 5.98. The smallest absolute Gasteiger partial charge is 0.124 e. The summed E-state index contributed by atoms with van der Waals surface area (Å²) in [5.41, 5.74) is 3.67. The summed E-state index contributed by atoms with van der Waals surface area (Å²) in [4.78, 5) is 4.02. The van der Waals surface area contributed by atoms with Gasteiger partial charge in [-0.05, 0) is 50.2 Å². The van der Waals surface area contributed by atoms with Crippen LogP contribution < -0.4 is 10.1 Å². The minimum atomic E-state index is 0.284. The van der Waals surface area contributed by atoms with Gasteiger partial charge >= 0.3 is 0 Å². The molecule has 0 aliphatic rings. The average molecular weight is 270 g/mol. The van der Waals surface area contributed by atoms with E-state index < -0.39 is 0 Å². The van der Waals surface area contributed by atoms with E-state index in [4.69, 9.17) is 4.74 Å². The molecular formula is C17H22N2O. The van der Waals surface area contributed by atoms with Crippen molar-refractivity contribution in [3.8, 4) is 5.75 Å². The van der Waals surface area contributed by atoms with Gasteiger partial charge in [-0.25, -0.2) is 0 Å². The number of hydrogen-bond acceptors (Lipinski definition) is 3. The van der Waals surface area contributed by atoms with E-state index in [1.165, 1.54) is 16.7 Å². The van der Waals surface area contributed by atoms with Crippen LogP contribution in [0.5, 0.6) is 5.75 Å². The molecule has 0 bridgehead atoms. The second-order valence-electron chi connectivity index (χ2n) is 5.01. The molecule has 1 N–H and O–H groups in total. The zero-order valence-electron chi connectivity index (χ0n) is 12.4. The lowest BCUT2D eigenvalue weighted by Crippen LogP contribution is -2.14. The molecule has 0 spiro atoms. The van der Waals surface area contributed by atoms with Crippen LogP contribution in [0.15, 0.2) is 42.7 Å². The first-order valence-electron chi connectivity index (χ1n) is 7.00. The van der Waals surface area contributed by atoms with E-state index in [0.717, 1.165) is 12.2 Å². The first kappa shape index (κ1) is 14.5. The topological polar surface area (TPSA) is 34.1 Å². The molecule has 0 amide bonds. The van der Waals surface area contributed by atoms with Gasteiger partial charge in [-0.1, -0.05) is 12.1 Å². The number of nitrogens with one attached hydrogen (secondary N) is 1. The van der Waals surface area contributed by atoms with Gasteiger partial charge in [0.15, 0.2) is 0 Å². The molecular weight excluding hydrogens is 248 g/mol. The quantitative estimate of drug-likeness (QED) is 0.874. The number of ether oxygens (including phenoxy) is 1. The maximum absolute atomic E-state index is 5.98. The lowest BCUT2D eigenvalue weighted by atomic mass is 10.1. The van der Waals surface area contributed by atoms with Crippen LogP contribution in [0.2, 0.25) is 0 Å². The zero-order chi connectivity index (χ0) is 14.4. The van der Waals surface area contributed by atoms with Crippen LogP contribution >= 0.6 is 0 Å². The van der Waals surface area contributed by atoms with Gasteiger partial charge in [0.2, 0.25) is 0 Å². The van der Waals surface area contributed by atoms with Crippen LogP contribution in [0.4, 0.5) is 0 Å². The van der Waals surface area contributed by atoms with Gasteiger partial charge in [0.05, 0.1) is 6.61 Å². The van der Waals surface area contributed by atoms with Gasteiger partial charge in [-0.2, -0.15) is 0 Å². The highest BCUT2D eigenvalue weighted by atomic mass is 16.5. The van der Waals surface area contributed by atoms with Crippen molar-refractivity contribution < 1.29 is 4.74 Å². The fourth-order valence-corrected chi connectivity index (χ4v) is 2.11. The molecule has 106 valence electrons. The van der Waals surface area contributed by atoms with Gasteiger partial charge in [0.25, 0.3) is 0 Å². The van der Waals surface area contributed by atoms with E-state index in [0.29, 0.717) is 6.61 Å². The molecule has 1 aromatic carbocycles. The molecule has 0 radical (unpaired) electrons. The van der Waals surface area contributed by atoms with Crippen molar-refractivity contribution in [2.75, 3.05) is 13.7 Å². The largest absolute Gasteiger partial charge is 0.493 e. The minimum Gasteiger partial charge on any atom is -0.493 e. The molecule has 0 aliphatic carbocycles. The van der Waals surface area contributed by atoms with Gasteiger partial charge in [-0.3, -0.25) is 4.98 Å². The van der Waals surface area contributed by atoms with Crippen molar-refractivity contribution in [3.63, 3.8) is 0 Å². The highest BCUT2D eigenvalue weighted by Gasteiger charge is 2.10. The summed E-state index contributed by atoms with van der Waals surface area (Å²) in [6.45, 7) is 4.90. The Bertz CT molecular complexity index is 540. The number of benzene rings is 1. The van der Waals surface area contributed by atoms with E-state index in [1.807, 2.05) is 31.6 Å². The second kappa shape index (κ2) is 7.06. The molecule has 0 fully saturated rings. The fourth-order valence-electron chi connectivity index (χ4n) is 2.11. The van der Waals surface area contributed by atoms with Crippen LogP contribution in [0.1, 0.15) is 29.7 Å². The monoisotopic (exact) mass is 270 g/mol. The molecule has 1 atom stereocenters. The number of hydrogen-bond donors (Lipinski definition) is 1. The summed E-state index contributed by atoms with van der Waals surface area (Å²) < 4.78 is 5.98. The zero-order valence-corrected chi connectivity index (χ0v) is 12.4. The van der Waals surface area contributed by atoms with Crippen LogP contribution in [0, 0.1) is 6.92 Å². The molecule has 0 saturated heterocycles. The molecule has 20 heavy (non-hydrogen) atoms. The Morgan fingerprint density at radius 2 is 1.95 bits per heavy atom. The average Bonchev–Trinajstić information content (AvgIpc) is 2.48. The molecule has 1 aromatic heterocycles. The van der Waals surface area contributed by atoms with Crippen molar-refractivity contribution in [2.24, 2.45) is 0 Å². The third-order valence-electron chi connectivity index (χ3n) is 3.47. The summed E-state index contributed by atoms with van der Waals surface area (Å²) in [5, 5.41) is 3.26. The van der Waals surface area contributed by atoms with Gasteiger partial charge in [0, 0.05) is 30.4 Å². The molecule has 2 aromatic rings. The number of nitrogens with zero attached hydrogens (tertiary/aromatic N) is 1. The van der Waals surface area contributed by atoms with E-state index in [-0.39, 0.29) is 6.04 Å². The van der Waals surface area contributed by atoms with E-state index >= 15 is 0 Å². The maximum Gasteiger partial charge on any atom is 0.124 e. The van der Waals surface area contributed by atoms with Gasteiger partial charge in [-0.15, -0.1) is 0 Å². The molecule has 2 rings (SSSR count). The fraction of sp³-hybridized carbons (Fsp3) is 0.353. The summed E-state index contributed by atoms with van der Waals surface area (Å²) in [6.07, 6.45) is 4.52. The molecule has 1 unspecified atom stereocenters. The van der Waals surface area contributed by atoms with E-state index in [1.54, 1.807) is 0 Å². The minimum absolute atomic E-state index is 0.284. The SMILES string of the molecule is CNC(C)c1ccc(C)cc1OCCc1ccncc1.